The lowest BCUT2D eigenvalue weighted by atomic mass is 9.75. The number of likely N-dealkylation sites (tertiary alicyclic amines) is 1. The molecule has 0 spiro atoms. The molecule has 25 heavy (non-hydrogen) atoms. The van der Waals surface area contributed by atoms with E-state index in [0.29, 0.717) is 11.3 Å². The Morgan fingerprint density at radius 2 is 2.00 bits per heavy atom. The Balaban J connectivity index is 1.70. The van der Waals surface area contributed by atoms with E-state index in [1.165, 1.54) is 6.26 Å². The van der Waals surface area contributed by atoms with Crippen molar-refractivity contribution in [3.63, 3.8) is 0 Å². The van der Waals surface area contributed by atoms with Crippen LogP contribution in [0.5, 0.6) is 0 Å². The van der Waals surface area contributed by atoms with Crippen LogP contribution in [0.15, 0.2) is 10.7 Å². The Morgan fingerprint density at radius 1 is 1.36 bits per heavy atom. The first-order valence-corrected chi connectivity index (χ1v) is 9.27. The van der Waals surface area contributed by atoms with Crippen molar-refractivity contribution < 1.29 is 9.21 Å². The van der Waals surface area contributed by atoms with Crippen LogP contribution in [0.2, 0.25) is 0 Å². The molecule has 1 saturated heterocycles. The van der Waals surface area contributed by atoms with E-state index in [1.54, 1.807) is 0 Å². The Morgan fingerprint density at radius 3 is 2.52 bits per heavy atom. The van der Waals surface area contributed by atoms with E-state index in [9.17, 15) is 4.79 Å². The number of hydrogen-bond donors (Lipinski definition) is 1. The molecule has 1 saturated carbocycles. The zero-order valence-electron chi connectivity index (χ0n) is 15.5. The highest BCUT2D eigenvalue weighted by molar-refractivity contribution is 5.89. The van der Waals surface area contributed by atoms with Crippen molar-refractivity contribution in [1.82, 2.24) is 9.88 Å². The van der Waals surface area contributed by atoms with Crippen LogP contribution in [0.25, 0.3) is 0 Å². The fraction of sp³-hybridized carbons (Fsp3) is 0.737. The molecule has 1 N–H and O–H groups in total. The van der Waals surface area contributed by atoms with Crippen LogP contribution in [0.3, 0.4) is 0 Å². The molecule has 2 fully saturated rings. The fourth-order valence-corrected chi connectivity index (χ4v) is 4.21. The molecule has 0 radical (unpaired) electrons. The number of hydrogen-bond acceptors (Lipinski definition) is 5. The van der Waals surface area contributed by atoms with Crippen molar-refractivity contribution >= 4 is 11.9 Å². The van der Waals surface area contributed by atoms with Crippen LogP contribution >= 0.6 is 0 Å². The van der Waals surface area contributed by atoms with Gasteiger partial charge in [0.2, 0.25) is 5.91 Å². The molecule has 1 aromatic rings. The van der Waals surface area contributed by atoms with Gasteiger partial charge in [-0.1, -0.05) is 33.6 Å². The first kappa shape index (κ1) is 17.8. The second-order valence-corrected chi connectivity index (χ2v) is 8.50. The number of nitrogens with zero attached hydrogens (tertiary/aromatic N) is 3. The van der Waals surface area contributed by atoms with Gasteiger partial charge in [-0.3, -0.25) is 4.79 Å². The molecule has 0 bridgehead atoms. The summed E-state index contributed by atoms with van der Waals surface area (Å²) >= 11 is 0. The van der Waals surface area contributed by atoms with Crippen molar-refractivity contribution in [3.8, 4) is 6.07 Å². The van der Waals surface area contributed by atoms with Gasteiger partial charge in [-0.05, 0) is 37.0 Å². The van der Waals surface area contributed by atoms with Gasteiger partial charge in [0.1, 0.15) is 17.9 Å². The van der Waals surface area contributed by atoms with E-state index in [0.717, 1.165) is 51.6 Å². The predicted octanol–water partition coefficient (Wildman–Crippen LogP) is 3.56. The van der Waals surface area contributed by atoms with Crippen LogP contribution < -0.4 is 5.32 Å². The smallest absolute Gasteiger partial charge is 0.296 e. The number of oxazole rings is 1. The number of anilines is 1. The normalized spacial score (nSPS) is 21.1. The molecular formula is C19H28N4O2. The highest BCUT2D eigenvalue weighted by Gasteiger charge is 2.45. The van der Waals surface area contributed by atoms with Gasteiger partial charge in [-0.15, -0.1) is 0 Å². The minimum absolute atomic E-state index is 0.161. The van der Waals surface area contributed by atoms with E-state index in [-0.39, 0.29) is 17.6 Å². The average Bonchev–Trinajstić information content (AvgIpc) is 3.24. The monoisotopic (exact) mass is 344 g/mol. The number of carbonyl (C=O) groups is 1. The van der Waals surface area contributed by atoms with Crippen LogP contribution in [-0.2, 0) is 4.79 Å². The molecule has 1 aliphatic heterocycles. The number of nitrogens with one attached hydrogen (secondary N) is 1. The zero-order valence-corrected chi connectivity index (χ0v) is 15.5. The maximum Gasteiger partial charge on any atom is 0.296 e. The summed E-state index contributed by atoms with van der Waals surface area (Å²) in [4.78, 5) is 19.4. The van der Waals surface area contributed by atoms with Gasteiger partial charge in [0, 0.05) is 13.1 Å². The van der Waals surface area contributed by atoms with Gasteiger partial charge in [0.25, 0.3) is 6.01 Å². The van der Waals surface area contributed by atoms with Gasteiger partial charge in [0.05, 0.1) is 0 Å². The summed E-state index contributed by atoms with van der Waals surface area (Å²) in [5.41, 5.74) is -0.106. The maximum atomic E-state index is 13.3. The Kier molecular flexibility index (Phi) is 4.77. The standard InChI is InChI=1S/C19H28N4O2/c1-18(2,3)14-6-10-23(11-7-14)16(24)19(8-4-5-9-19)22-17-21-15(12-20)13-25-17/h13-14H,4-11H2,1-3H3,(H,21,22). The minimum Gasteiger partial charge on any atom is -0.431 e. The predicted molar refractivity (Wildman–Crippen MR) is 94.8 cm³/mol. The maximum absolute atomic E-state index is 13.3. The molecule has 2 aliphatic rings. The summed E-state index contributed by atoms with van der Waals surface area (Å²) in [6, 6.07) is 2.23. The SMILES string of the molecule is CC(C)(C)C1CCN(C(=O)C2(Nc3nc(C#N)co3)CCCC2)CC1. The largest absolute Gasteiger partial charge is 0.431 e. The van der Waals surface area contributed by atoms with Crippen LogP contribution in [-0.4, -0.2) is 34.4 Å². The molecule has 6 nitrogen and oxygen atoms in total. The number of rotatable bonds is 3. The lowest BCUT2D eigenvalue weighted by Crippen LogP contribution is -2.54. The third-order valence-corrected chi connectivity index (χ3v) is 5.84. The average molecular weight is 344 g/mol. The van der Waals surface area contributed by atoms with E-state index in [1.807, 2.05) is 11.0 Å². The summed E-state index contributed by atoms with van der Waals surface area (Å²) in [7, 11) is 0. The first-order chi connectivity index (χ1) is 11.8. The quantitative estimate of drug-likeness (QED) is 0.906. The lowest BCUT2D eigenvalue weighted by molar-refractivity contribution is -0.138. The van der Waals surface area contributed by atoms with Gasteiger partial charge >= 0.3 is 0 Å². The third kappa shape index (κ3) is 3.65. The summed E-state index contributed by atoms with van der Waals surface area (Å²) < 4.78 is 5.33. The van der Waals surface area contributed by atoms with Crippen LogP contribution in [0, 0.1) is 22.7 Å². The second kappa shape index (κ2) is 6.70. The lowest BCUT2D eigenvalue weighted by Gasteiger charge is -2.42. The number of amides is 1. The van der Waals surface area contributed by atoms with Crippen molar-refractivity contribution in [2.24, 2.45) is 11.3 Å². The van der Waals surface area contributed by atoms with Gasteiger partial charge in [0.15, 0.2) is 5.69 Å². The molecule has 136 valence electrons. The number of piperidine rings is 1. The summed E-state index contributed by atoms with van der Waals surface area (Å²) in [6.07, 6.45) is 7.05. The Labute approximate surface area is 149 Å². The second-order valence-electron chi connectivity index (χ2n) is 8.50. The fourth-order valence-electron chi connectivity index (χ4n) is 4.21. The molecule has 1 amide bonds. The summed E-state index contributed by atoms with van der Waals surface area (Å²) in [5, 5.41) is 12.1. The molecule has 0 aromatic carbocycles. The van der Waals surface area contributed by atoms with Gasteiger partial charge in [-0.25, -0.2) is 0 Å². The highest BCUT2D eigenvalue weighted by Crippen LogP contribution is 2.38. The molecule has 2 heterocycles. The van der Waals surface area contributed by atoms with Crippen molar-refractivity contribution in [3.05, 3.63) is 12.0 Å². The summed E-state index contributed by atoms with van der Waals surface area (Å²) in [5.74, 6) is 0.822. The zero-order chi connectivity index (χ0) is 18.1. The molecule has 6 heteroatoms. The Hall–Kier alpha value is -2.03. The van der Waals surface area contributed by atoms with E-state index in [2.05, 4.69) is 31.1 Å². The highest BCUT2D eigenvalue weighted by atomic mass is 16.4. The number of carbonyl (C=O) groups excluding carboxylic acids is 1. The van der Waals surface area contributed by atoms with E-state index < -0.39 is 5.54 Å². The molecule has 0 atom stereocenters. The van der Waals surface area contributed by atoms with Crippen molar-refractivity contribution in [2.45, 2.75) is 64.8 Å². The first-order valence-electron chi connectivity index (χ1n) is 9.27. The van der Waals surface area contributed by atoms with Gasteiger partial charge in [-0.2, -0.15) is 10.2 Å². The topological polar surface area (TPSA) is 82.2 Å². The van der Waals surface area contributed by atoms with E-state index >= 15 is 0 Å². The summed E-state index contributed by atoms with van der Waals surface area (Å²) in [6.45, 7) is 8.48. The molecule has 3 rings (SSSR count). The number of nitriles is 1. The van der Waals surface area contributed by atoms with E-state index in [4.69, 9.17) is 9.68 Å². The third-order valence-electron chi connectivity index (χ3n) is 5.84. The van der Waals surface area contributed by atoms with Crippen LogP contribution in [0.4, 0.5) is 6.01 Å². The van der Waals surface area contributed by atoms with Crippen molar-refractivity contribution in [1.29, 1.82) is 5.26 Å². The number of aromatic nitrogens is 1. The molecular weight excluding hydrogens is 316 g/mol. The van der Waals surface area contributed by atoms with Gasteiger partial charge < -0.3 is 14.6 Å². The minimum atomic E-state index is -0.633. The molecule has 1 aromatic heterocycles. The Bertz CT molecular complexity index is 654. The van der Waals surface area contributed by atoms with Crippen molar-refractivity contribution in [2.75, 3.05) is 18.4 Å². The molecule has 1 aliphatic carbocycles. The van der Waals surface area contributed by atoms with Crippen LogP contribution in [0.1, 0.15) is 65.0 Å². The molecule has 0 unspecified atom stereocenters.